The fourth-order valence-corrected chi connectivity index (χ4v) is 7.79. The summed E-state index contributed by atoms with van der Waals surface area (Å²) in [5.41, 5.74) is 0. The molecule has 2 aliphatic heterocycles. The SMILES string of the molecule is O=C(CC1CCCCC1)N1CCN(CC(=O)N(C2CCCC2)C2CCS(=O)(=O)C2)CC1. The smallest absolute Gasteiger partial charge is 0.237 e. The predicted molar refractivity (Wildman–Crippen MR) is 120 cm³/mol. The van der Waals surface area contributed by atoms with Crippen LogP contribution in [0.25, 0.3) is 0 Å². The molecule has 0 N–H and O–H groups in total. The molecular weight excluding hydrogens is 414 g/mol. The maximum atomic E-state index is 13.3. The van der Waals surface area contributed by atoms with Crippen LogP contribution in [-0.4, -0.2) is 91.2 Å². The highest BCUT2D eigenvalue weighted by Crippen LogP contribution is 2.30. The summed E-state index contributed by atoms with van der Waals surface area (Å²) in [6.07, 6.45) is 11.7. The molecule has 176 valence electrons. The maximum absolute atomic E-state index is 13.3. The third-order valence-electron chi connectivity index (χ3n) is 7.88. The van der Waals surface area contributed by atoms with Gasteiger partial charge in [-0.05, 0) is 38.0 Å². The summed E-state index contributed by atoms with van der Waals surface area (Å²) in [7, 11) is -3.02. The highest BCUT2D eigenvalue weighted by molar-refractivity contribution is 7.91. The van der Waals surface area contributed by atoms with Gasteiger partial charge in [-0.15, -0.1) is 0 Å². The van der Waals surface area contributed by atoms with Crippen LogP contribution >= 0.6 is 0 Å². The predicted octanol–water partition coefficient (Wildman–Crippen LogP) is 2.06. The Bertz CT molecular complexity index is 736. The monoisotopic (exact) mass is 453 g/mol. The Labute approximate surface area is 187 Å². The molecule has 31 heavy (non-hydrogen) atoms. The van der Waals surface area contributed by atoms with Crippen LogP contribution in [0.3, 0.4) is 0 Å². The standard InChI is InChI=1S/C23H39N3O4S/c27-22(16-19-6-2-1-3-7-19)25-13-11-24(12-14-25)17-23(28)26(20-8-4-5-9-20)21-10-15-31(29,30)18-21/h19-21H,1-18H2. The van der Waals surface area contributed by atoms with E-state index >= 15 is 0 Å². The average Bonchev–Trinajstić information content (AvgIpc) is 3.39. The van der Waals surface area contributed by atoms with Crippen molar-refractivity contribution in [3.05, 3.63) is 0 Å². The number of rotatable bonds is 6. The van der Waals surface area contributed by atoms with Crippen LogP contribution < -0.4 is 0 Å². The number of nitrogens with zero attached hydrogens (tertiary/aromatic N) is 3. The second-order valence-electron chi connectivity index (χ2n) is 10.2. The Morgan fingerprint density at radius 3 is 2.06 bits per heavy atom. The number of carbonyl (C=O) groups is 2. The molecule has 0 spiro atoms. The number of amides is 2. The molecule has 4 fully saturated rings. The molecule has 1 atom stereocenters. The zero-order valence-electron chi connectivity index (χ0n) is 18.8. The molecule has 7 nitrogen and oxygen atoms in total. The van der Waals surface area contributed by atoms with Crippen molar-refractivity contribution in [3.8, 4) is 0 Å². The van der Waals surface area contributed by atoms with E-state index < -0.39 is 9.84 Å². The molecule has 4 aliphatic rings. The lowest BCUT2D eigenvalue weighted by molar-refractivity contribution is -0.138. The third-order valence-corrected chi connectivity index (χ3v) is 9.63. The summed E-state index contributed by atoms with van der Waals surface area (Å²) in [4.78, 5) is 32.0. The molecule has 0 aromatic carbocycles. The van der Waals surface area contributed by atoms with Crippen LogP contribution in [0.4, 0.5) is 0 Å². The number of carbonyl (C=O) groups excluding carboxylic acids is 2. The largest absolute Gasteiger partial charge is 0.340 e. The van der Waals surface area contributed by atoms with Crippen LogP contribution in [0.2, 0.25) is 0 Å². The second kappa shape index (κ2) is 10.2. The van der Waals surface area contributed by atoms with E-state index in [2.05, 4.69) is 4.90 Å². The zero-order valence-corrected chi connectivity index (χ0v) is 19.7. The summed E-state index contributed by atoms with van der Waals surface area (Å²) >= 11 is 0. The fourth-order valence-electron chi connectivity index (χ4n) is 6.08. The van der Waals surface area contributed by atoms with Gasteiger partial charge in [-0.3, -0.25) is 14.5 Å². The molecule has 2 heterocycles. The molecule has 2 saturated heterocycles. The summed E-state index contributed by atoms with van der Waals surface area (Å²) < 4.78 is 24.1. The van der Waals surface area contributed by atoms with E-state index in [1.165, 1.54) is 32.1 Å². The van der Waals surface area contributed by atoms with Gasteiger partial charge in [0.05, 0.1) is 18.1 Å². The number of sulfone groups is 1. The van der Waals surface area contributed by atoms with Crippen molar-refractivity contribution in [1.82, 2.24) is 14.7 Å². The van der Waals surface area contributed by atoms with Gasteiger partial charge in [0.15, 0.2) is 9.84 Å². The van der Waals surface area contributed by atoms with E-state index in [0.29, 0.717) is 38.4 Å². The summed E-state index contributed by atoms with van der Waals surface area (Å²) in [5.74, 6) is 1.25. The minimum absolute atomic E-state index is 0.0796. The summed E-state index contributed by atoms with van der Waals surface area (Å²) in [5, 5.41) is 0. The van der Waals surface area contributed by atoms with E-state index in [-0.39, 0.29) is 35.4 Å². The minimum atomic E-state index is -3.02. The van der Waals surface area contributed by atoms with E-state index in [1.54, 1.807) is 0 Å². The molecule has 0 bridgehead atoms. The Morgan fingerprint density at radius 1 is 0.806 bits per heavy atom. The Hall–Kier alpha value is -1.15. The molecule has 0 radical (unpaired) electrons. The van der Waals surface area contributed by atoms with Crippen LogP contribution in [0, 0.1) is 5.92 Å². The lowest BCUT2D eigenvalue weighted by Crippen LogP contribution is -2.54. The van der Waals surface area contributed by atoms with Crippen LogP contribution in [0.15, 0.2) is 0 Å². The van der Waals surface area contributed by atoms with E-state index in [4.69, 9.17) is 0 Å². The van der Waals surface area contributed by atoms with E-state index in [9.17, 15) is 18.0 Å². The van der Waals surface area contributed by atoms with Gasteiger partial charge in [0.1, 0.15) is 0 Å². The van der Waals surface area contributed by atoms with Crippen LogP contribution in [0.1, 0.15) is 70.6 Å². The molecular formula is C23H39N3O4S. The van der Waals surface area contributed by atoms with Gasteiger partial charge in [0.2, 0.25) is 11.8 Å². The molecule has 8 heteroatoms. The van der Waals surface area contributed by atoms with Gasteiger partial charge >= 0.3 is 0 Å². The van der Waals surface area contributed by atoms with Gasteiger partial charge < -0.3 is 9.80 Å². The number of hydrogen-bond donors (Lipinski definition) is 0. The average molecular weight is 454 g/mol. The maximum Gasteiger partial charge on any atom is 0.237 e. The quantitative estimate of drug-likeness (QED) is 0.615. The summed E-state index contributed by atoms with van der Waals surface area (Å²) in [6.45, 7) is 3.19. The number of hydrogen-bond acceptors (Lipinski definition) is 5. The zero-order chi connectivity index (χ0) is 21.8. The van der Waals surface area contributed by atoms with Gasteiger partial charge in [0, 0.05) is 44.7 Å². The first-order valence-electron chi connectivity index (χ1n) is 12.4. The Kier molecular flexibility index (Phi) is 7.57. The van der Waals surface area contributed by atoms with Crippen molar-refractivity contribution in [1.29, 1.82) is 0 Å². The molecule has 1 unspecified atom stereocenters. The van der Waals surface area contributed by atoms with Crippen molar-refractivity contribution in [3.63, 3.8) is 0 Å². The molecule has 2 saturated carbocycles. The van der Waals surface area contributed by atoms with Crippen molar-refractivity contribution in [2.75, 3.05) is 44.2 Å². The highest BCUT2D eigenvalue weighted by Gasteiger charge is 2.39. The molecule has 0 aromatic heterocycles. The lowest BCUT2D eigenvalue weighted by Gasteiger charge is -2.39. The fraction of sp³-hybridized carbons (Fsp3) is 0.913. The first-order valence-corrected chi connectivity index (χ1v) is 14.2. The Balaban J connectivity index is 1.28. The Morgan fingerprint density at radius 2 is 1.45 bits per heavy atom. The molecule has 4 rings (SSSR count). The highest BCUT2D eigenvalue weighted by atomic mass is 32.2. The lowest BCUT2D eigenvalue weighted by atomic mass is 9.86. The van der Waals surface area contributed by atoms with Crippen molar-refractivity contribution >= 4 is 21.7 Å². The van der Waals surface area contributed by atoms with Crippen molar-refractivity contribution in [2.24, 2.45) is 5.92 Å². The van der Waals surface area contributed by atoms with E-state index in [1.807, 2.05) is 9.80 Å². The van der Waals surface area contributed by atoms with Gasteiger partial charge in [-0.25, -0.2) is 8.42 Å². The van der Waals surface area contributed by atoms with Gasteiger partial charge in [-0.2, -0.15) is 0 Å². The van der Waals surface area contributed by atoms with E-state index in [0.717, 1.165) is 38.8 Å². The van der Waals surface area contributed by atoms with Gasteiger partial charge in [0.25, 0.3) is 0 Å². The van der Waals surface area contributed by atoms with Crippen molar-refractivity contribution in [2.45, 2.75) is 82.7 Å². The van der Waals surface area contributed by atoms with Crippen LogP contribution in [0.5, 0.6) is 0 Å². The van der Waals surface area contributed by atoms with Gasteiger partial charge in [-0.1, -0.05) is 32.1 Å². The topological polar surface area (TPSA) is 78.0 Å². The third kappa shape index (κ3) is 6.01. The second-order valence-corrected chi connectivity index (χ2v) is 12.4. The van der Waals surface area contributed by atoms with Crippen LogP contribution in [-0.2, 0) is 19.4 Å². The molecule has 2 amide bonds. The molecule has 0 aromatic rings. The minimum Gasteiger partial charge on any atom is -0.340 e. The first-order chi connectivity index (χ1) is 14.9. The van der Waals surface area contributed by atoms with Crippen molar-refractivity contribution < 1.29 is 18.0 Å². The summed E-state index contributed by atoms with van der Waals surface area (Å²) in [6, 6.07) is 0.0446. The normalized spacial score (nSPS) is 28.1. The molecule has 2 aliphatic carbocycles. The number of piperazine rings is 1. The first kappa shape index (κ1) is 23.0.